The summed E-state index contributed by atoms with van der Waals surface area (Å²) < 4.78 is 15.6. The Morgan fingerprint density at radius 1 is 0.889 bits per heavy atom. The Hall–Kier alpha value is -4.03. The number of fused-ring (bicyclic) bond motifs is 1. The lowest BCUT2D eigenvalue weighted by Gasteiger charge is -2.25. The minimum atomic E-state index is -0.278. The van der Waals surface area contributed by atoms with Gasteiger partial charge in [-0.2, -0.15) is 5.10 Å². The maximum Gasteiger partial charge on any atom is 0.166 e. The first-order chi connectivity index (χ1) is 17.6. The van der Waals surface area contributed by atoms with Crippen molar-refractivity contribution in [1.29, 1.82) is 0 Å². The number of nitrogens with zero attached hydrogens (tertiary/aromatic N) is 4. The van der Waals surface area contributed by atoms with Crippen molar-refractivity contribution in [1.82, 2.24) is 14.6 Å². The normalized spacial score (nSPS) is 15.6. The second-order valence-electron chi connectivity index (χ2n) is 9.32. The van der Waals surface area contributed by atoms with Crippen LogP contribution in [0.1, 0.15) is 18.5 Å². The molecule has 1 aliphatic rings. The number of anilines is 1. The van der Waals surface area contributed by atoms with E-state index in [9.17, 15) is 9.50 Å². The number of halogens is 1. The van der Waals surface area contributed by atoms with Gasteiger partial charge in [-0.1, -0.05) is 54.6 Å². The summed E-state index contributed by atoms with van der Waals surface area (Å²) in [5.41, 5.74) is 7.65. The minimum absolute atomic E-state index is 0.0404. The van der Waals surface area contributed by atoms with E-state index >= 15 is 0 Å². The van der Waals surface area contributed by atoms with Crippen molar-refractivity contribution in [2.45, 2.75) is 25.8 Å². The molecule has 36 heavy (non-hydrogen) atoms. The molecule has 3 heterocycles. The molecule has 0 saturated carbocycles. The van der Waals surface area contributed by atoms with E-state index in [4.69, 9.17) is 10.1 Å². The quantitative estimate of drug-likeness (QED) is 0.330. The summed E-state index contributed by atoms with van der Waals surface area (Å²) in [4.78, 5) is 7.26. The Labute approximate surface area is 209 Å². The first-order valence-electron chi connectivity index (χ1n) is 12.3. The molecule has 0 spiro atoms. The van der Waals surface area contributed by atoms with E-state index in [1.807, 2.05) is 35.7 Å². The highest BCUT2D eigenvalue weighted by molar-refractivity contribution is 5.84. The second kappa shape index (κ2) is 9.21. The fraction of sp³-hybridized carbons (Fsp3) is 0.200. The van der Waals surface area contributed by atoms with Gasteiger partial charge in [0.1, 0.15) is 11.6 Å². The van der Waals surface area contributed by atoms with Crippen LogP contribution in [0.5, 0.6) is 0 Å². The Morgan fingerprint density at radius 2 is 1.56 bits per heavy atom. The topological polar surface area (TPSA) is 53.7 Å². The molecule has 0 amide bonds. The standard InChI is InChI=1S/C30H27FN4O/c1-20-29(24-11-9-22(10-12-24)21-6-3-2-4-7-21)30-32-28(34-17-5-8-26(34)19-36)18-27(35(30)33-20)23-13-15-25(31)16-14-23/h2-4,6-7,9-16,18,26,36H,5,8,17,19H2,1H3. The Bertz CT molecular complexity index is 1510. The molecule has 1 fully saturated rings. The van der Waals surface area contributed by atoms with Gasteiger partial charge in [0.15, 0.2) is 5.65 Å². The van der Waals surface area contributed by atoms with Crippen molar-refractivity contribution in [2.24, 2.45) is 0 Å². The number of aryl methyl sites for hydroxylation is 1. The van der Waals surface area contributed by atoms with Crippen LogP contribution in [0.4, 0.5) is 10.2 Å². The molecule has 6 rings (SSSR count). The number of rotatable bonds is 5. The molecule has 6 heteroatoms. The maximum atomic E-state index is 13.7. The molecule has 1 aliphatic heterocycles. The zero-order valence-corrected chi connectivity index (χ0v) is 20.1. The molecular weight excluding hydrogens is 451 g/mol. The number of hydrogen-bond donors (Lipinski definition) is 1. The maximum absolute atomic E-state index is 13.7. The third-order valence-electron chi connectivity index (χ3n) is 7.05. The first-order valence-corrected chi connectivity index (χ1v) is 12.3. The zero-order chi connectivity index (χ0) is 24.6. The van der Waals surface area contributed by atoms with Crippen LogP contribution in [-0.2, 0) is 0 Å². The summed E-state index contributed by atoms with van der Waals surface area (Å²) in [7, 11) is 0. The van der Waals surface area contributed by atoms with Gasteiger partial charge in [-0.25, -0.2) is 13.9 Å². The van der Waals surface area contributed by atoms with E-state index in [-0.39, 0.29) is 18.5 Å². The van der Waals surface area contributed by atoms with E-state index in [1.54, 1.807) is 12.1 Å². The number of benzene rings is 3. The first kappa shape index (κ1) is 22.4. The minimum Gasteiger partial charge on any atom is -0.394 e. The summed E-state index contributed by atoms with van der Waals surface area (Å²) >= 11 is 0. The van der Waals surface area contributed by atoms with Gasteiger partial charge in [0.25, 0.3) is 0 Å². The molecule has 5 nitrogen and oxygen atoms in total. The lowest BCUT2D eigenvalue weighted by molar-refractivity contribution is 0.266. The second-order valence-corrected chi connectivity index (χ2v) is 9.32. The molecule has 0 aliphatic carbocycles. The van der Waals surface area contributed by atoms with Crippen LogP contribution < -0.4 is 4.90 Å². The molecule has 0 radical (unpaired) electrons. The molecule has 1 N–H and O–H groups in total. The SMILES string of the molecule is Cc1nn2c(-c3ccc(F)cc3)cc(N3CCCC3CO)nc2c1-c1ccc(-c2ccccc2)cc1. The fourth-order valence-electron chi connectivity index (χ4n) is 5.21. The van der Waals surface area contributed by atoms with Crippen molar-refractivity contribution < 1.29 is 9.50 Å². The van der Waals surface area contributed by atoms with Crippen LogP contribution in [0.2, 0.25) is 0 Å². The lowest BCUT2D eigenvalue weighted by atomic mass is 10.0. The predicted molar refractivity (Wildman–Crippen MR) is 141 cm³/mol. The fourth-order valence-corrected chi connectivity index (χ4v) is 5.21. The van der Waals surface area contributed by atoms with Gasteiger partial charge in [-0.3, -0.25) is 0 Å². The number of aliphatic hydroxyl groups excluding tert-OH is 1. The largest absolute Gasteiger partial charge is 0.394 e. The lowest BCUT2D eigenvalue weighted by Crippen LogP contribution is -2.32. The Morgan fingerprint density at radius 3 is 2.28 bits per heavy atom. The molecule has 1 saturated heterocycles. The van der Waals surface area contributed by atoms with Gasteiger partial charge >= 0.3 is 0 Å². The van der Waals surface area contributed by atoms with Crippen molar-refractivity contribution >= 4 is 11.5 Å². The molecule has 1 unspecified atom stereocenters. The van der Waals surface area contributed by atoms with E-state index in [0.717, 1.165) is 64.5 Å². The zero-order valence-electron chi connectivity index (χ0n) is 20.1. The number of hydrogen-bond acceptors (Lipinski definition) is 4. The van der Waals surface area contributed by atoms with E-state index < -0.39 is 0 Å². The van der Waals surface area contributed by atoms with Crippen LogP contribution in [0.25, 0.3) is 39.2 Å². The third-order valence-corrected chi connectivity index (χ3v) is 7.05. The molecule has 2 aromatic heterocycles. The van der Waals surface area contributed by atoms with Gasteiger partial charge in [0, 0.05) is 23.7 Å². The summed E-state index contributed by atoms with van der Waals surface area (Å²) in [6.45, 7) is 2.92. The summed E-state index contributed by atoms with van der Waals surface area (Å²) in [6, 6.07) is 27.3. The van der Waals surface area contributed by atoms with Crippen molar-refractivity contribution in [2.75, 3.05) is 18.1 Å². The summed E-state index contributed by atoms with van der Waals surface area (Å²) in [5.74, 6) is 0.528. The van der Waals surface area contributed by atoms with Crippen LogP contribution in [-0.4, -0.2) is 38.9 Å². The van der Waals surface area contributed by atoms with Crippen LogP contribution in [0.3, 0.4) is 0 Å². The summed E-state index contributed by atoms with van der Waals surface area (Å²) in [6.07, 6.45) is 1.94. The highest BCUT2D eigenvalue weighted by Crippen LogP contribution is 2.35. The molecule has 5 aromatic rings. The van der Waals surface area contributed by atoms with Gasteiger partial charge in [0.2, 0.25) is 0 Å². The Kier molecular flexibility index (Phi) is 5.74. The summed E-state index contributed by atoms with van der Waals surface area (Å²) in [5, 5.41) is 14.8. The molecule has 0 bridgehead atoms. The van der Waals surface area contributed by atoms with Gasteiger partial charge in [0.05, 0.1) is 24.0 Å². The number of aliphatic hydroxyl groups is 1. The van der Waals surface area contributed by atoms with Crippen LogP contribution in [0.15, 0.2) is 84.9 Å². The highest BCUT2D eigenvalue weighted by Gasteiger charge is 2.27. The molecular formula is C30H27FN4O. The average Bonchev–Trinajstić information content (AvgIpc) is 3.53. The van der Waals surface area contributed by atoms with Crippen LogP contribution in [0, 0.1) is 12.7 Å². The van der Waals surface area contributed by atoms with E-state index in [1.165, 1.54) is 17.7 Å². The van der Waals surface area contributed by atoms with Gasteiger partial charge in [-0.15, -0.1) is 0 Å². The van der Waals surface area contributed by atoms with Crippen LogP contribution >= 0.6 is 0 Å². The van der Waals surface area contributed by atoms with E-state index in [0.29, 0.717) is 0 Å². The average molecular weight is 479 g/mol. The molecule has 1 atom stereocenters. The molecule has 3 aromatic carbocycles. The molecule has 180 valence electrons. The smallest absolute Gasteiger partial charge is 0.166 e. The highest BCUT2D eigenvalue weighted by atomic mass is 19.1. The predicted octanol–water partition coefficient (Wildman–Crippen LogP) is 6.14. The van der Waals surface area contributed by atoms with Crippen molar-refractivity contribution in [3.8, 4) is 33.5 Å². The van der Waals surface area contributed by atoms with Crippen molar-refractivity contribution in [3.63, 3.8) is 0 Å². The Balaban J connectivity index is 1.53. The van der Waals surface area contributed by atoms with Crippen molar-refractivity contribution in [3.05, 3.63) is 96.4 Å². The number of aromatic nitrogens is 3. The van der Waals surface area contributed by atoms with E-state index in [2.05, 4.69) is 41.3 Å². The van der Waals surface area contributed by atoms with Gasteiger partial charge in [-0.05, 0) is 60.7 Å². The third kappa shape index (κ3) is 3.93. The van der Waals surface area contributed by atoms with Gasteiger partial charge < -0.3 is 10.0 Å². The monoisotopic (exact) mass is 478 g/mol.